The van der Waals surface area contributed by atoms with E-state index in [-0.39, 0.29) is 0 Å². The fraction of sp³-hybridized carbons (Fsp3) is 0.455. The summed E-state index contributed by atoms with van der Waals surface area (Å²) in [5, 5.41) is 3.16. The first-order valence-corrected chi connectivity index (χ1v) is 5.08. The summed E-state index contributed by atoms with van der Waals surface area (Å²) in [7, 11) is 1.90. The van der Waals surface area contributed by atoms with Crippen molar-refractivity contribution in [2.45, 2.75) is 12.5 Å². The summed E-state index contributed by atoms with van der Waals surface area (Å²) < 4.78 is 26.1. The molecule has 1 aliphatic rings. The Hall–Kier alpha value is -1.16. The topological polar surface area (TPSA) is 15.3 Å². The van der Waals surface area contributed by atoms with E-state index >= 15 is 0 Å². The first-order valence-electron chi connectivity index (χ1n) is 5.08. The van der Waals surface area contributed by atoms with Crippen molar-refractivity contribution in [3.63, 3.8) is 0 Å². The van der Waals surface area contributed by atoms with E-state index in [1.54, 1.807) is 0 Å². The second kappa shape index (κ2) is 4.14. The van der Waals surface area contributed by atoms with Crippen LogP contribution in [0, 0.1) is 11.6 Å². The van der Waals surface area contributed by atoms with E-state index in [1.807, 2.05) is 11.9 Å². The number of benzene rings is 1. The zero-order chi connectivity index (χ0) is 10.8. The van der Waals surface area contributed by atoms with Crippen molar-refractivity contribution < 1.29 is 8.78 Å². The fourth-order valence-electron chi connectivity index (χ4n) is 1.95. The van der Waals surface area contributed by atoms with Gasteiger partial charge in [-0.25, -0.2) is 8.78 Å². The monoisotopic (exact) mass is 212 g/mol. The van der Waals surface area contributed by atoms with Gasteiger partial charge >= 0.3 is 0 Å². The SMILES string of the molecule is CNC1CCN(c2ccc(F)cc2F)C1. The summed E-state index contributed by atoms with van der Waals surface area (Å²) in [5.74, 6) is -1.01. The van der Waals surface area contributed by atoms with Gasteiger partial charge in [0.15, 0.2) is 0 Å². The van der Waals surface area contributed by atoms with Crippen molar-refractivity contribution >= 4 is 5.69 Å². The standard InChI is InChI=1S/C11H14F2N2/c1-14-9-4-5-15(7-9)11-3-2-8(12)6-10(11)13/h2-3,6,9,14H,4-5,7H2,1H3. The van der Waals surface area contributed by atoms with Gasteiger partial charge in [-0.15, -0.1) is 0 Å². The third-order valence-corrected chi connectivity index (χ3v) is 2.85. The molecule has 1 N–H and O–H groups in total. The molecule has 0 aliphatic carbocycles. The summed E-state index contributed by atoms with van der Waals surface area (Å²) in [6, 6.07) is 4.13. The Morgan fingerprint density at radius 3 is 2.80 bits per heavy atom. The third-order valence-electron chi connectivity index (χ3n) is 2.85. The maximum atomic E-state index is 13.4. The van der Waals surface area contributed by atoms with Gasteiger partial charge in [-0.2, -0.15) is 0 Å². The van der Waals surface area contributed by atoms with Crippen LogP contribution in [-0.2, 0) is 0 Å². The average molecular weight is 212 g/mol. The summed E-state index contributed by atoms with van der Waals surface area (Å²) >= 11 is 0. The summed E-state index contributed by atoms with van der Waals surface area (Å²) in [4.78, 5) is 1.94. The Balaban J connectivity index is 2.17. The van der Waals surface area contributed by atoms with Crippen LogP contribution in [0.5, 0.6) is 0 Å². The Kier molecular flexibility index (Phi) is 2.86. The van der Waals surface area contributed by atoms with Crippen molar-refractivity contribution in [2.24, 2.45) is 0 Å². The van der Waals surface area contributed by atoms with E-state index in [0.29, 0.717) is 11.7 Å². The molecule has 82 valence electrons. The number of hydrogen-bond acceptors (Lipinski definition) is 2. The maximum Gasteiger partial charge on any atom is 0.149 e. The van der Waals surface area contributed by atoms with Gasteiger partial charge in [0.2, 0.25) is 0 Å². The van der Waals surface area contributed by atoms with E-state index in [4.69, 9.17) is 0 Å². The second-order valence-electron chi connectivity index (χ2n) is 3.82. The summed E-state index contributed by atoms with van der Waals surface area (Å²) in [5.41, 5.74) is 0.495. The van der Waals surface area contributed by atoms with Crippen LogP contribution in [0.3, 0.4) is 0 Å². The quantitative estimate of drug-likeness (QED) is 0.803. The van der Waals surface area contributed by atoms with Gasteiger partial charge in [0.05, 0.1) is 5.69 Å². The molecule has 1 heterocycles. The van der Waals surface area contributed by atoms with Gasteiger partial charge in [0.25, 0.3) is 0 Å². The number of rotatable bonds is 2. The highest BCUT2D eigenvalue weighted by Crippen LogP contribution is 2.24. The largest absolute Gasteiger partial charge is 0.368 e. The van der Waals surface area contributed by atoms with E-state index in [2.05, 4.69) is 5.32 Å². The number of hydrogen-bond donors (Lipinski definition) is 1. The molecule has 2 rings (SSSR count). The Morgan fingerprint density at radius 1 is 1.40 bits per heavy atom. The molecular formula is C11H14F2N2. The second-order valence-corrected chi connectivity index (χ2v) is 3.82. The number of anilines is 1. The average Bonchev–Trinajstić information content (AvgIpc) is 2.66. The zero-order valence-electron chi connectivity index (χ0n) is 8.63. The zero-order valence-corrected chi connectivity index (χ0v) is 8.63. The number of likely N-dealkylation sites (N-methyl/N-ethyl adjacent to an activating group) is 1. The molecule has 0 aromatic heterocycles. The minimum Gasteiger partial charge on any atom is -0.368 e. The number of nitrogens with zero attached hydrogens (tertiary/aromatic N) is 1. The smallest absolute Gasteiger partial charge is 0.149 e. The molecule has 1 fully saturated rings. The molecule has 0 bridgehead atoms. The van der Waals surface area contributed by atoms with Gasteiger partial charge in [-0.05, 0) is 25.6 Å². The van der Waals surface area contributed by atoms with Crippen LogP contribution in [0.2, 0.25) is 0 Å². The van der Waals surface area contributed by atoms with E-state index in [0.717, 1.165) is 25.6 Å². The van der Waals surface area contributed by atoms with Crippen LogP contribution >= 0.6 is 0 Å². The lowest BCUT2D eigenvalue weighted by Crippen LogP contribution is -2.29. The normalized spacial score (nSPS) is 21.0. The lowest BCUT2D eigenvalue weighted by Gasteiger charge is -2.19. The number of halogens is 2. The fourth-order valence-corrected chi connectivity index (χ4v) is 1.95. The van der Waals surface area contributed by atoms with Gasteiger partial charge in [0, 0.05) is 25.2 Å². The molecule has 2 nitrogen and oxygen atoms in total. The van der Waals surface area contributed by atoms with Crippen LogP contribution in [0.1, 0.15) is 6.42 Å². The highest BCUT2D eigenvalue weighted by atomic mass is 19.1. The molecule has 1 aromatic carbocycles. The minimum absolute atomic E-state index is 0.398. The van der Waals surface area contributed by atoms with Crippen molar-refractivity contribution in [3.8, 4) is 0 Å². The van der Waals surface area contributed by atoms with Gasteiger partial charge in [-0.1, -0.05) is 0 Å². The molecule has 1 atom stereocenters. The van der Waals surface area contributed by atoms with Gasteiger partial charge < -0.3 is 10.2 Å². The molecule has 1 aliphatic heterocycles. The van der Waals surface area contributed by atoms with Crippen LogP contribution in [0.25, 0.3) is 0 Å². The van der Waals surface area contributed by atoms with Crippen LogP contribution < -0.4 is 10.2 Å². The lowest BCUT2D eigenvalue weighted by molar-refractivity contribution is 0.579. The van der Waals surface area contributed by atoms with Crippen LogP contribution in [0.15, 0.2) is 18.2 Å². The maximum absolute atomic E-state index is 13.4. The predicted molar refractivity (Wildman–Crippen MR) is 56.0 cm³/mol. The molecule has 15 heavy (non-hydrogen) atoms. The van der Waals surface area contributed by atoms with E-state index < -0.39 is 11.6 Å². The molecule has 4 heteroatoms. The molecule has 1 saturated heterocycles. The molecule has 0 amide bonds. The lowest BCUT2D eigenvalue weighted by atomic mass is 10.2. The Morgan fingerprint density at radius 2 is 2.20 bits per heavy atom. The predicted octanol–water partition coefficient (Wildman–Crippen LogP) is 1.76. The van der Waals surface area contributed by atoms with Gasteiger partial charge in [-0.3, -0.25) is 0 Å². The van der Waals surface area contributed by atoms with Crippen LogP contribution in [0.4, 0.5) is 14.5 Å². The molecule has 0 radical (unpaired) electrons. The molecule has 0 saturated carbocycles. The number of nitrogens with one attached hydrogen (secondary N) is 1. The van der Waals surface area contributed by atoms with Crippen LogP contribution in [-0.4, -0.2) is 26.2 Å². The van der Waals surface area contributed by atoms with Crippen molar-refractivity contribution in [1.29, 1.82) is 0 Å². The first kappa shape index (κ1) is 10.4. The molecular weight excluding hydrogens is 198 g/mol. The molecule has 1 unspecified atom stereocenters. The molecule has 0 spiro atoms. The minimum atomic E-state index is -0.527. The van der Waals surface area contributed by atoms with Crippen molar-refractivity contribution in [3.05, 3.63) is 29.8 Å². The highest BCUT2D eigenvalue weighted by molar-refractivity contribution is 5.49. The first-order chi connectivity index (χ1) is 7.20. The van der Waals surface area contributed by atoms with E-state index in [9.17, 15) is 8.78 Å². The summed E-state index contributed by atoms with van der Waals surface area (Å²) in [6.45, 7) is 1.59. The Labute approximate surface area is 87.9 Å². The van der Waals surface area contributed by atoms with Crippen molar-refractivity contribution in [2.75, 3.05) is 25.0 Å². The van der Waals surface area contributed by atoms with Crippen molar-refractivity contribution in [1.82, 2.24) is 5.32 Å². The van der Waals surface area contributed by atoms with E-state index in [1.165, 1.54) is 12.1 Å². The van der Waals surface area contributed by atoms with Gasteiger partial charge in [0.1, 0.15) is 11.6 Å². The molecule has 1 aromatic rings. The highest BCUT2D eigenvalue weighted by Gasteiger charge is 2.23. The Bertz CT molecular complexity index is 354. The summed E-state index contributed by atoms with van der Waals surface area (Å²) in [6.07, 6.45) is 0.993. The third kappa shape index (κ3) is 2.09.